The van der Waals surface area contributed by atoms with Gasteiger partial charge in [-0.05, 0) is 45.1 Å². The molecule has 2 aromatic heterocycles. The summed E-state index contributed by atoms with van der Waals surface area (Å²) in [6, 6.07) is 3.28. The molecular formula is C16H19N3O4. The summed E-state index contributed by atoms with van der Waals surface area (Å²) >= 11 is 0. The molecule has 1 aliphatic rings. The first-order valence-electron chi connectivity index (χ1n) is 7.54. The minimum Gasteiger partial charge on any atom is -0.476 e. The van der Waals surface area contributed by atoms with Gasteiger partial charge < -0.3 is 19.1 Å². The number of esters is 1. The minimum atomic E-state index is -1.14. The van der Waals surface area contributed by atoms with E-state index in [1.807, 2.05) is 0 Å². The molecule has 0 bridgehead atoms. The van der Waals surface area contributed by atoms with Gasteiger partial charge in [-0.25, -0.2) is 14.6 Å². The summed E-state index contributed by atoms with van der Waals surface area (Å²) in [4.78, 5) is 30.2. The standard InChI is InChI=1S/C16H19N3O4/c1-18-8-5-10(6-9-18)14-17-12(15(20)21)13-11(16(22)23-2)4-3-7-19(13)14/h3-4,7,10H,5-6,8-9H2,1-2H3,(H,20,21). The molecule has 1 fully saturated rings. The van der Waals surface area contributed by atoms with Crippen molar-refractivity contribution in [2.45, 2.75) is 18.8 Å². The Balaban J connectivity index is 2.17. The molecule has 0 aromatic carbocycles. The summed E-state index contributed by atoms with van der Waals surface area (Å²) in [5.41, 5.74) is 0.430. The number of fused-ring (bicyclic) bond motifs is 1. The quantitative estimate of drug-likeness (QED) is 0.866. The molecule has 0 saturated carbocycles. The van der Waals surface area contributed by atoms with Crippen LogP contribution in [0, 0.1) is 0 Å². The minimum absolute atomic E-state index is 0.0973. The highest BCUT2D eigenvalue weighted by atomic mass is 16.5. The van der Waals surface area contributed by atoms with Gasteiger partial charge in [-0.15, -0.1) is 0 Å². The number of methoxy groups -OCH3 is 1. The maximum Gasteiger partial charge on any atom is 0.356 e. The van der Waals surface area contributed by atoms with E-state index in [-0.39, 0.29) is 17.2 Å². The van der Waals surface area contributed by atoms with Crippen molar-refractivity contribution in [3.8, 4) is 0 Å². The third-order valence-corrected chi connectivity index (χ3v) is 4.38. The van der Waals surface area contributed by atoms with E-state index in [1.54, 1.807) is 22.7 Å². The number of ether oxygens (including phenoxy) is 1. The number of aromatic carboxylic acids is 1. The molecule has 0 aliphatic carbocycles. The first-order chi connectivity index (χ1) is 11.0. The van der Waals surface area contributed by atoms with Crippen LogP contribution in [0.25, 0.3) is 5.52 Å². The molecule has 0 spiro atoms. The fraction of sp³-hybridized carbons (Fsp3) is 0.438. The Labute approximate surface area is 133 Å². The third kappa shape index (κ3) is 2.68. The van der Waals surface area contributed by atoms with Gasteiger partial charge >= 0.3 is 11.9 Å². The lowest BCUT2D eigenvalue weighted by molar-refractivity contribution is 0.0602. The SMILES string of the molecule is COC(=O)c1cccn2c(C3CCN(C)CC3)nc(C(=O)O)c12. The van der Waals surface area contributed by atoms with Crippen LogP contribution in [0.15, 0.2) is 18.3 Å². The zero-order valence-electron chi connectivity index (χ0n) is 13.2. The van der Waals surface area contributed by atoms with E-state index in [1.165, 1.54) is 7.11 Å². The highest BCUT2D eigenvalue weighted by Gasteiger charge is 2.28. The number of aromatic nitrogens is 2. The molecule has 3 heterocycles. The van der Waals surface area contributed by atoms with Crippen LogP contribution in [-0.2, 0) is 4.74 Å². The molecule has 7 heteroatoms. The number of nitrogens with zero attached hydrogens (tertiary/aromatic N) is 3. The number of rotatable bonds is 3. The Kier molecular flexibility index (Phi) is 4.04. The number of hydrogen-bond acceptors (Lipinski definition) is 5. The molecule has 1 N–H and O–H groups in total. The van der Waals surface area contributed by atoms with Crippen LogP contribution in [-0.4, -0.2) is 58.6 Å². The molecule has 1 saturated heterocycles. The highest BCUT2D eigenvalue weighted by Crippen LogP contribution is 2.30. The Morgan fingerprint density at radius 2 is 2.04 bits per heavy atom. The molecule has 0 unspecified atom stereocenters. The van der Waals surface area contributed by atoms with E-state index in [4.69, 9.17) is 4.74 Å². The molecule has 23 heavy (non-hydrogen) atoms. The molecule has 0 amide bonds. The van der Waals surface area contributed by atoms with Gasteiger partial charge in [0.1, 0.15) is 5.82 Å². The van der Waals surface area contributed by atoms with Crippen LogP contribution in [0.3, 0.4) is 0 Å². The molecular weight excluding hydrogens is 298 g/mol. The zero-order valence-corrected chi connectivity index (χ0v) is 13.2. The molecule has 0 atom stereocenters. The molecule has 122 valence electrons. The van der Waals surface area contributed by atoms with Gasteiger partial charge in [0.05, 0.1) is 18.2 Å². The number of imidazole rings is 1. The fourth-order valence-electron chi connectivity index (χ4n) is 3.14. The Bertz CT molecular complexity index is 760. The average molecular weight is 317 g/mol. The number of hydrogen-bond donors (Lipinski definition) is 1. The monoisotopic (exact) mass is 317 g/mol. The Morgan fingerprint density at radius 1 is 1.35 bits per heavy atom. The van der Waals surface area contributed by atoms with Crippen LogP contribution in [0.4, 0.5) is 0 Å². The fourth-order valence-corrected chi connectivity index (χ4v) is 3.14. The van der Waals surface area contributed by atoms with Crippen molar-refractivity contribution in [3.05, 3.63) is 35.4 Å². The summed E-state index contributed by atoms with van der Waals surface area (Å²) in [5, 5.41) is 9.48. The van der Waals surface area contributed by atoms with E-state index in [0.717, 1.165) is 25.9 Å². The summed E-state index contributed by atoms with van der Waals surface area (Å²) in [6.45, 7) is 1.89. The number of carbonyl (C=O) groups is 2. The van der Waals surface area contributed by atoms with Crippen molar-refractivity contribution < 1.29 is 19.4 Å². The van der Waals surface area contributed by atoms with E-state index in [2.05, 4.69) is 16.9 Å². The molecule has 1 aliphatic heterocycles. The summed E-state index contributed by atoms with van der Waals surface area (Å²) in [6.07, 6.45) is 3.59. The maximum absolute atomic E-state index is 12.0. The van der Waals surface area contributed by atoms with E-state index in [9.17, 15) is 14.7 Å². The average Bonchev–Trinajstić information content (AvgIpc) is 2.95. The molecule has 2 aromatic rings. The van der Waals surface area contributed by atoms with Gasteiger partial charge in [0.25, 0.3) is 0 Å². The van der Waals surface area contributed by atoms with E-state index >= 15 is 0 Å². The van der Waals surface area contributed by atoms with Crippen LogP contribution < -0.4 is 0 Å². The van der Waals surface area contributed by atoms with Gasteiger partial charge in [-0.1, -0.05) is 0 Å². The largest absolute Gasteiger partial charge is 0.476 e. The van der Waals surface area contributed by atoms with Crippen molar-refractivity contribution in [2.24, 2.45) is 0 Å². The van der Waals surface area contributed by atoms with Crippen LogP contribution in [0.2, 0.25) is 0 Å². The lowest BCUT2D eigenvalue weighted by atomic mass is 9.96. The van der Waals surface area contributed by atoms with Crippen molar-refractivity contribution in [1.29, 1.82) is 0 Å². The van der Waals surface area contributed by atoms with Gasteiger partial charge in [-0.3, -0.25) is 0 Å². The maximum atomic E-state index is 12.0. The lowest BCUT2D eigenvalue weighted by Gasteiger charge is -2.28. The number of carbonyl (C=O) groups excluding carboxylic acids is 1. The van der Waals surface area contributed by atoms with Crippen molar-refractivity contribution >= 4 is 17.5 Å². The zero-order chi connectivity index (χ0) is 16.6. The summed E-state index contributed by atoms with van der Waals surface area (Å²) in [5.74, 6) is -0.818. The van der Waals surface area contributed by atoms with Gasteiger partial charge in [0, 0.05) is 12.1 Å². The van der Waals surface area contributed by atoms with Crippen molar-refractivity contribution in [2.75, 3.05) is 27.2 Å². The van der Waals surface area contributed by atoms with Gasteiger partial charge in [0.2, 0.25) is 0 Å². The second-order valence-corrected chi connectivity index (χ2v) is 5.83. The first-order valence-corrected chi connectivity index (χ1v) is 7.54. The predicted molar refractivity (Wildman–Crippen MR) is 83.0 cm³/mol. The normalized spacial score (nSPS) is 16.6. The summed E-state index contributed by atoms with van der Waals surface area (Å²) < 4.78 is 6.50. The topological polar surface area (TPSA) is 84.1 Å². The summed E-state index contributed by atoms with van der Waals surface area (Å²) in [7, 11) is 3.35. The third-order valence-electron chi connectivity index (χ3n) is 4.38. The number of likely N-dealkylation sites (tertiary alicyclic amines) is 1. The highest BCUT2D eigenvalue weighted by molar-refractivity contribution is 6.04. The number of carboxylic acids is 1. The number of piperidine rings is 1. The van der Waals surface area contributed by atoms with E-state index in [0.29, 0.717) is 11.3 Å². The molecule has 3 rings (SSSR count). The number of carboxylic acid groups (broad SMARTS) is 1. The molecule has 0 radical (unpaired) electrons. The first kappa shape index (κ1) is 15.5. The van der Waals surface area contributed by atoms with E-state index < -0.39 is 11.9 Å². The van der Waals surface area contributed by atoms with Gasteiger partial charge in [-0.2, -0.15) is 0 Å². The second kappa shape index (κ2) is 6.00. The molecule has 7 nitrogen and oxygen atoms in total. The van der Waals surface area contributed by atoms with Crippen molar-refractivity contribution in [1.82, 2.24) is 14.3 Å². The van der Waals surface area contributed by atoms with Crippen LogP contribution in [0.5, 0.6) is 0 Å². The lowest BCUT2D eigenvalue weighted by Crippen LogP contribution is -2.30. The smallest absolute Gasteiger partial charge is 0.356 e. The number of pyridine rings is 1. The predicted octanol–water partition coefficient (Wildman–Crippen LogP) is 1.63. The van der Waals surface area contributed by atoms with Crippen molar-refractivity contribution in [3.63, 3.8) is 0 Å². The van der Waals surface area contributed by atoms with Crippen LogP contribution in [0.1, 0.15) is 45.4 Å². The Morgan fingerprint density at radius 3 is 2.65 bits per heavy atom. The van der Waals surface area contributed by atoms with Crippen LogP contribution >= 0.6 is 0 Å². The second-order valence-electron chi connectivity index (χ2n) is 5.83. The Hall–Kier alpha value is -2.41. The van der Waals surface area contributed by atoms with Gasteiger partial charge in [0.15, 0.2) is 5.69 Å².